The molecular weight excluding hydrogens is 251 g/mol. The van der Waals surface area contributed by atoms with Gasteiger partial charge in [0.05, 0.1) is 0 Å². The van der Waals surface area contributed by atoms with Crippen molar-refractivity contribution in [2.24, 2.45) is 0 Å². The van der Waals surface area contributed by atoms with E-state index >= 15 is 0 Å². The molecule has 0 unspecified atom stereocenters. The molecule has 0 fully saturated rings. The van der Waals surface area contributed by atoms with Crippen molar-refractivity contribution < 1.29 is 13.9 Å². The summed E-state index contributed by atoms with van der Waals surface area (Å²) in [6.45, 7) is 3.74. The Morgan fingerprint density at radius 2 is 2.36 bits per heavy atom. The first-order valence-electron chi connectivity index (χ1n) is 3.84. The number of ether oxygens (including phenoxy) is 1. The highest BCUT2D eigenvalue weighted by Crippen LogP contribution is 2.18. The topological polar surface area (TPSA) is 26.3 Å². The van der Waals surface area contributed by atoms with Gasteiger partial charge in [-0.1, -0.05) is 22.5 Å². The molecule has 0 aliphatic heterocycles. The van der Waals surface area contributed by atoms with Crippen LogP contribution in [-0.2, 0) is 0 Å². The van der Waals surface area contributed by atoms with Crippen molar-refractivity contribution in [1.29, 1.82) is 0 Å². The maximum Gasteiger partial charge on any atom is 0.165 e. The van der Waals surface area contributed by atoms with Gasteiger partial charge in [-0.15, -0.1) is 0 Å². The third kappa shape index (κ3) is 2.96. The van der Waals surface area contributed by atoms with E-state index in [1.54, 1.807) is 0 Å². The van der Waals surface area contributed by atoms with E-state index in [0.717, 1.165) is 6.07 Å². The Morgan fingerprint density at radius 3 is 2.86 bits per heavy atom. The molecule has 0 heterocycles. The fourth-order valence-corrected chi connectivity index (χ4v) is 0.978. The minimum absolute atomic E-state index is 0.108. The SMILES string of the molecule is C=C(Br)COc1ccc(C=O)cc1F. The zero-order valence-electron chi connectivity index (χ0n) is 7.30. The summed E-state index contributed by atoms with van der Waals surface area (Å²) in [5, 5.41) is 0. The molecule has 0 saturated heterocycles. The lowest BCUT2D eigenvalue weighted by Crippen LogP contribution is -1.98. The molecule has 4 heteroatoms. The van der Waals surface area contributed by atoms with Gasteiger partial charge in [-0.2, -0.15) is 0 Å². The Hall–Kier alpha value is -1.16. The number of aldehydes is 1. The number of benzene rings is 1. The third-order valence-corrected chi connectivity index (χ3v) is 1.71. The Balaban J connectivity index is 2.78. The minimum Gasteiger partial charge on any atom is -0.485 e. The van der Waals surface area contributed by atoms with Crippen molar-refractivity contribution in [2.45, 2.75) is 0 Å². The van der Waals surface area contributed by atoms with Crippen LogP contribution in [0.5, 0.6) is 5.75 Å². The predicted octanol–water partition coefficient (Wildman–Crippen LogP) is 2.93. The number of halogens is 2. The standard InChI is InChI=1S/C10H8BrFO2/c1-7(11)6-14-10-3-2-8(5-13)4-9(10)12/h2-5H,1,6H2. The van der Waals surface area contributed by atoms with Gasteiger partial charge in [0.15, 0.2) is 11.6 Å². The summed E-state index contributed by atoms with van der Waals surface area (Å²) in [6, 6.07) is 4.02. The summed E-state index contributed by atoms with van der Waals surface area (Å²) < 4.78 is 18.8. The molecule has 0 saturated carbocycles. The fraction of sp³-hybridized carbons (Fsp3) is 0.100. The molecule has 1 aromatic rings. The summed E-state index contributed by atoms with van der Waals surface area (Å²) >= 11 is 3.09. The van der Waals surface area contributed by atoms with E-state index in [2.05, 4.69) is 22.5 Å². The average molecular weight is 259 g/mol. The highest BCUT2D eigenvalue weighted by atomic mass is 79.9. The Labute approximate surface area is 89.5 Å². The molecule has 0 atom stereocenters. The monoisotopic (exact) mass is 258 g/mol. The molecule has 1 rings (SSSR count). The molecule has 74 valence electrons. The molecular formula is C10H8BrFO2. The van der Waals surface area contributed by atoms with Gasteiger partial charge in [-0.3, -0.25) is 4.79 Å². The summed E-state index contributed by atoms with van der Waals surface area (Å²) in [5.41, 5.74) is 0.285. The lowest BCUT2D eigenvalue weighted by molar-refractivity contribution is 0.112. The normalized spacial score (nSPS) is 9.57. The quantitative estimate of drug-likeness (QED) is 0.777. The number of hydrogen-bond donors (Lipinski definition) is 0. The van der Waals surface area contributed by atoms with Crippen molar-refractivity contribution in [2.75, 3.05) is 6.61 Å². The molecule has 0 aliphatic rings. The van der Waals surface area contributed by atoms with E-state index in [9.17, 15) is 9.18 Å². The lowest BCUT2D eigenvalue weighted by atomic mass is 10.2. The van der Waals surface area contributed by atoms with E-state index < -0.39 is 5.82 Å². The van der Waals surface area contributed by atoms with Crippen LogP contribution in [0.1, 0.15) is 10.4 Å². The van der Waals surface area contributed by atoms with Crippen LogP contribution in [0.15, 0.2) is 29.3 Å². The average Bonchev–Trinajstić information content (AvgIpc) is 2.15. The first kappa shape index (κ1) is 10.9. The van der Waals surface area contributed by atoms with Crippen molar-refractivity contribution in [3.05, 3.63) is 40.6 Å². The van der Waals surface area contributed by atoms with Crippen LogP contribution in [0.4, 0.5) is 4.39 Å². The molecule has 0 radical (unpaired) electrons. The van der Waals surface area contributed by atoms with Crippen LogP contribution in [0, 0.1) is 5.82 Å². The van der Waals surface area contributed by atoms with Crippen molar-refractivity contribution >= 4 is 22.2 Å². The first-order valence-corrected chi connectivity index (χ1v) is 4.63. The molecule has 0 aromatic heterocycles. The molecule has 14 heavy (non-hydrogen) atoms. The van der Waals surface area contributed by atoms with Crippen LogP contribution in [0.3, 0.4) is 0 Å². The largest absolute Gasteiger partial charge is 0.485 e. The Bertz CT molecular complexity index is 363. The summed E-state index contributed by atoms with van der Waals surface area (Å²) in [5.74, 6) is -0.445. The molecule has 0 spiro atoms. The summed E-state index contributed by atoms with van der Waals surface area (Å²) in [6.07, 6.45) is 0.580. The number of carbonyl (C=O) groups excluding carboxylic acids is 1. The number of carbonyl (C=O) groups is 1. The lowest BCUT2D eigenvalue weighted by Gasteiger charge is -2.05. The third-order valence-electron chi connectivity index (χ3n) is 1.48. The molecule has 0 N–H and O–H groups in total. The molecule has 2 nitrogen and oxygen atoms in total. The van der Waals surface area contributed by atoms with Gasteiger partial charge in [0.25, 0.3) is 0 Å². The fourth-order valence-electron chi connectivity index (χ4n) is 0.864. The van der Waals surface area contributed by atoms with E-state index in [-0.39, 0.29) is 17.9 Å². The van der Waals surface area contributed by atoms with Crippen LogP contribution in [0.2, 0.25) is 0 Å². The van der Waals surface area contributed by atoms with E-state index in [1.807, 2.05) is 0 Å². The Kier molecular flexibility index (Phi) is 3.83. The van der Waals surface area contributed by atoms with Gasteiger partial charge < -0.3 is 4.74 Å². The van der Waals surface area contributed by atoms with Crippen molar-refractivity contribution in [3.8, 4) is 5.75 Å². The van der Waals surface area contributed by atoms with E-state index in [0.29, 0.717) is 10.8 Å². The van der Waals surface area contributed by atoms with Gasteiger partial charge in [0, 0.05) is 10.0 Å². The minimum atomic E-state index is -0.552. The second-order valence-corrected chi connectivity index (χ2v) is 3.74. The zero-order chi connectivity index (χ0) is 10.6. The maximum absolute atomic E-state index is 13.2. The first-order chi connectivity index (χ1) is 6.63. The molecule has 1 aromatic carbocycles. The van der Waals surface area contributed by atoms with Crippen molar-refractivity contribution in [1.82, 2.24) is 0 Å². The maximum atomic E-state index is 13.2. The molecule has 0 amide bonds. The number of rotatable bonds is 4. The smallest absolute Gasteiger partial charge is 0.165 e. The summed E-state index contributed by atoms with van der Waals surface area (Å²) in [7, 11) is 0. The van der Waals surface area contributed by atoms with Crippen molar-refractivity contribution in [3.63, 3.8) is 0 Å². The van der Waals surface area contributed by atoms with Gasteiger partial charge in [0.2, 0.25) is 0 Å². The van der Waals surface area contributed by atoms with Gasteiger partial charge in [0.1, 0.15) is 12.9 Å². The van der Waals surface area contributed by atoms with Gasteiger partial charge in [-0.25, -0.2) is 4.39 Å². The van der Waals surface area contributed by atoms with Crippen LogP contribution in [-0.4, -0.2) is 12.9 Å². The van der Waals surface area contributed by atoms with Crippen LogP contribution >= 0.6 is 15.9 Å². The highest BCUT2D eigenvalue weighted by Gasteiger charge is 2.04. The van der Waals surface area contributed by atoms with Crippen LogP contribution < -0.4 is 4.74 Å². The Morgan fingerprint density at radius 1 is 1.64 bits per heavy atom. The van der Waals surface area contributed by atoms with Crippen LogP contribution in [0.25, 0.3) is 0 Å². The summed E-state index contributed by atoms with van der Waals surface area (Å²) in [4.78, 5) is 10.3. The van der Waals surface area contributed by atoms with Gasteiger partial charge >= 0.3 is 0 Å². The molecule has 0 bridgehead atoms. The zero-order valence-corrected chi connectivity index (χ0v) is 8.88. The highest BCUT2D eigenvalue weighted by molar-refractivity contribution is 9.11. The van der Waals surface area contributed by atoms with Gasteiger partial charge in [-0.05, 0) is 18.2 Å². The van der Waals surface area contributed by atoms with E-state index in [4.69, 9.17) is 4.74 Å². The second kappa shape index (κ2) is 4.91. The van der Waals surface area contributed by atoms with E-state index in [1.165, 1.54) is 12.1 Å². The molecule has 0 aliphatic carbocycles. The predicted molar refractivity (Wildman–Crippen MR) is 55.3 cm³/mol. The second-order valence-electron chi connectivity index (χ2n) is 2.61. The number of hydrogen-bond acceptors (Lipinski definition) is 2.